The third-order valence-electron chi connectivity index (χ3n) is 3.41. The van der Waals surface area contributed by atoms with Crippen LogP contribution < -0.4 is 15.4 Å². The van der Waals surface area contributed by atoms with Gasteiger partial charge in [-0.05, 0) is 13.0 Å². The molecule has 0 atom stereocenters. The Morgan fingerprint density at radius 2 is 2.24 bits per heavy atom. The van der Waals surface area contributed by atoms with Gasteiger partial charge < -0.3 is 20.3 Å². The monoisotopic (exact) mass is 295 g/mol. The predicted octanol–water partition coefficient (Wildman–Crippen LogP) is 0.706. The normalized spacial score (nSPS) is 15.7. The van der Waals surface area contributed by atoms with E-state index in [0.717, 1.165) is 39.1 Å². The largest absolute Gasteiger partial charge is 0.481 e. The topological polar surface area (TPSA) is 92.6 Å². The number of rotatable bonds is 7. The summed E-state index contributed by atoms with van der Waals surface area (Å²) >= 11 is 0. The fourth-order valence-electron chi connectivity index (χ4n) is 2.27. The van der Waals surface area contributed by atoms with E-state index in [-0.39, 0.29) is 11.5 Å². The van der Waals surface area contributed by atoms with Crippen molar-refractivity contribution in [2.45, 2.75) is 6.42 Å². The summed E-state index contributed by atoms with van der Waals surface area (Å²) in [5, 5.41) is 17.3. The first kappa shape index (κ1) is 15.5. The zero-order chi connectivity index (χ0) is 15.1. The lowest BCUT2D eigenvalue weighted by atomic mass is 10.3. The molecule has 2 heterocycles. The highest BCUT2D eigenvalue weighted by Crippen LogP contribution is 2.24. The standard InChI is InChI=1S/C13H21N5O3/c1-21-12-4-3-11(18(19)20)13(16-12)15-5-2-8-17-9-6-14-7-10-17/h3-4,14H,2,5-10H2,1H3,(H,15,16). The molecule has 1 saturated heterocycles. The van der Waals surface area contributed by atoms with Crippen LogP contribution in [-0.2, 0) is 0 Å². The second-order valence-electron chi connectivity index (χ2n) is 4.85. The van der Waals surface area contributed by atoms with Crippen LogP contribution in [0.5, 0.6) is 5.88 Å². The molecule has 8 heteroatoms. The van der Waals surface area contributed by atoms with Gasteiger partial charge in [0.25, 0.3) is 0 Å². The van der Waals surface area contributed by atoms with E-state index in [2.05, 4.69) is 20.5 Å². The molecule has 21 heavy (non-hydrogen) atoms. The molecular weight excluding hydrogens is 274 g/mol. The number of nitrogens with zero attached hydrogens (tertiary/aromatic N) is 3. The van der Waals surface area contributed by atoms with Gasteiger partial charge in [0.05, 0.1) is 12.0 Å². The molecule has 8 nitrogen and oxygen atoms in total. The number of piperazine rings is 1. The van der Waals surface area contributed by atoms with Crippen LogP contribution in [0, 0.1) is 10.1 Å². The van der Waals surface area contributed by atoms with Crippen LogP contribution in [0.3, 0.4) is 0 Å². The van der Waals surface area contributed by atoms with Crippen molar-refractivity contribution in [2.75, 3.05) is 51.7 Å². The van der Waals surface area contributed by atoms with Gasteiger partial charge in [-0.25, -0.2) is 0 Å². The molecule has 116 valence electrons. The maximum absolute atomic E-state index is 11.0. The summed E-state index contributed by atoms with van der Waals surface area (Å²) in [4.78, 5) is 17.0. The molecule has 2 N–H and O–H groups in total. The summed E-state index contributed by atoms with van der Waals surface area (Å²) in [5.74, 6) is 0.630. The van der Waals surface area contributed by atoms with Crippen molar-refractivity contribution in [3.8, 4) is 5.88 Å². The third kappa shape index (κ3) is 4.54. The van der Waals surface area contributed by atoms with Crippen LogP contribution in [0.25, 0.3) is 0 Å². The first-order valence-electron chi connectivity index (χ1n) is 7.07. The number of hydrogen-bond acceptors (Lipinski definition) is 7. The Kier molecular flexibility index (Phi) is 5.70. The highest BCUT2D eigenvalue weighted by molar-refractivity contribution is 5.56. The molecule has 0 unspecified atom stereocenters. The van der Waals surface area contributed by atoms with E-state index >= 15 is 0 Å². The third-order valence-corrected chi connectivity index (χ3v) is 3.41. The van der Waals surface area contributed by atoms with Gasteiger partial charge in [0, 0.05) is 44.9 Å². The van der Waals surface area contributed by atoms with Crippen molar-refractivity contribution in [3.63, 3.8) is 0 Å². The molecule has 0 bridgehead atoms. The fraction of sp³-hybridized carbons (Fsp3) is 0.615. The molecule has 0 radical (unpaired) electrons. The zero-order valence-corrected chi connectivity index (χ0v) is 12.2. The van der Waals surface area contributed by atoms with E-state index in [1.54, 1.807) is 0 Å². The number of methoxy groups -OCH3 is 1. The molecule has 1 fully saturated rings. The van der Waals surface area contributed by atoms with Gasteiger partial charge in [0.15, 0.2) is 0 Å². The highest BCUT2D eigenvalue weighted by Gasteiger charge is 2.16. The summed E-state index contributed by atoms with van der Waals surface area (Å²) in [6.07, 6.45) is 0.913. The van der Waals surface area contributed by atoms with Crippen molar-refractivity contribution < 1.29 is 9.66 Å². The lowest BCUT2D eigenvalue weighted by molar-refractivity contribution is -0.384. The quantitative estimate of drug-likeness (QED) is 0.434. The van der Waals surface area contributed by atoms with Crippen molar-refractivity contribution >= 4 is 11.5 Å². The molecule has 0 aromatic carbocycles. The van der Waals surface area contributed by atoms with Gasteiger partial charge in [-0.3, -0.25) is 10.1 Å². The number of hydrogen-bond donors (Lipinski definition) is 2. The van der Waals surface area contributed by atoms with Gasteiger partial charge in [-0.15, -0.1) is 0 Å². The van der Waals surface area contributed by atoms with E-state index in [0.29, 0.717) is 12.4 Å². The Hall–Kier alpha value is -1.93. The number of anilines is 1. The Bertz CT molecular complexity index is 477. The maximum atomic E-state index is 11.0. The number of ether oxygens (including phenoxy) is 1. The first-order valence-corrected chi connectivity index (χ1v) is 7.07. The van der Waals surface area contributed by atoms with Gasteiger partial charge in [0.1, 0.15) is 0 Å². The minimum absolute atomic E-state index is 0.0297. The second kappa shape index (κ2) is 7.75. The second-order valence-corrected chi connectivity index (χ2v) is 4.85. The van der Waals surface area contributed by atoms with E-state index in [4.69, 9.17) is 4.74 Å². The summed E-state index contributed by atoms with van der Waals surface area (Å²) in [6, 6.07) is 2.90. The lowest BCUT2D eigenvalue weighted by Gasteiger charge is -2.27. The average molecular weight is 295 g/mol. The predicted molar refractivity (Wildman–Crippen MR) is 79.9 cm³/mol. The molecule has 1 aromatic rings. The van der Waals surface area contributed by atoms with E-state index in [9.17, 15) is 10.1 Å². The zero-order valence-electron chi connectivity index (χ0n) is 12.2. The van der Waals surface area contributed by atoms with E-state index in [1.807, 2.05) is 0 Å². The first-order chi connectivity index (χ1) is 10.2. The van der Waals surface area contributed by atoms with Gasteiger partial charge >= 0.3 is 5.69 Å². The molecule has 1 aliphatic heterocycles. The molecule has 1 aromatic heterocycles. The molecule has 0 aliphatic carbocycles. The summed E-state index contributed by atoms with van der Waals surface area (Å²) < 4.78 is 5.00. The van der Waals surface area contributed by atoms with Crippen LogP contribution in [0.1, 0.15) is 6.42 Å². The van der Waals surface area contributed by atoms with Gasteiger partial charge in [-0.1, -0.05) is 0 Å². The van der Waals surface area contributed by atoms with Gasteiger partial charge in [0.2, 0.25) is 11.7 Å². The van der Waals surface area contributed by atoms with Crippen LogP contribution in [0.4, 0.5) is 11.5 Å². The number of pyridine rings is 1. The SMILES string of the molecule is COc1ccc([N+](=O)[O-])c(NCCCN2CCNCC2)n1. The highest BCUT2D eigenvalue weighted by atomic mass is 16.6. The van der Waals surface area contributed by atoms with Gasteiger partial charge in [-0.2, -0.15) is 4.98 Å². The number of nitrogens with one attached hydrogen (secondary N) is 2. The minimum Gasteiger partial charge on any atom is -0.481 e. The molecular formula is C13H21N5O3. The molecule has 2 rings (SSSR count). The Balaban J connectivity index is 1.84. The maximum Gasteiger partial charge on any atom is 0.311 e. The van der Waals surface area contributed by atoms with Crippen molar-refractivity contribution in [1.82, 2.24) is 15.2 Å². The number of aromatic nitrogens is 1. The van der Waals surface area contributed by atoms with Crippen LogP contribution >= 0.6 is 0 Å². The molecule has 1 aliphatic rings. The van der Waals surface area contributed by atoms with Crippen LogP contribution in [-0.4, -0.2) is 61.2 Å². The van der Waals surface area contributed by atoms with E-state index < -0.39 is 4.92 Å². The van der Waals surface area contributed by atoms with Crippen molar-refractivity contribution in [2.24, 2.45) is 0 Å². The minimum atomic E-state index is -0.439. The summed E-state index contributed by atoms with van der Waals surface area (Å²) in [6.45, 7) is 5.78. The molecule has 0 amide bonds. The van der Waals surface area contributed by atoms with Crippen LogP contribution in [0.15, 0.2) is 12.1 Å². The molecule has 0 saturated carbocycles. The summed E-state index contributed by atoms with van der Waals surface area (Å²) in [5.41, 5.74) is -0.0297. The Morgan fingerprint density at radius 3 is 2.90 bits per heavy atom. The fourth-order valence-corrected chi connectivity index (χ4v) is 2.27. The van der Waals surface area contributed by atoms with Crippen molar-refractivity contribution in [3.05, 3.63) is 22.2 Å². The number of nitro groups is 1. The lowest BCUT2D eigenvalue weighted by Crippen LogP contribution is -2.44. The Labute approximate surface area is 123 Å². The van der Waals surface area contributed by atoms with Crippen molar-refractivity contribution in [1.29, 1.82) is 0 Å². The smallest absolute Gasteiger partial charge is 0.311 e. The molecule has 0 spiro atoms. The summed E-state index contributed by atoms with van der Waals surface area (Å²) in [7, 11) is 1.49. The van der Waals surface area contributed by atoms with E-state index in [1.165, 1.54) is 19.2 Å². The Morgan fingerprint density at radius 1 is 1.48 bits per heavy atom. The average Bonchev–Trinajstić information content (AvgIpc) is 2.52. The van der Waals surface area contributed by atoms with Crippen LogP contribution in [0.2, 0.25) is 0 Å².